The third kappa shape index (κ3) is 5.41. The molecule has 3 aliphatic heterocycles. The number of para-hydroxylation sites is 1. The maximum absolute atomic E-state index is 6.91. The Morgan fingerprint density at radius 2 is 1.20 bits per heavy atom. The first kappa shape index (κ1) is 37.8. The molecule has 0 spiro atoms. The van der Waals surface area contributed by atoms with Gasteiger partial charge in [-0.15, -0.1) is 0 Å². The summed E-state index contributed by atoms with van der Waals surface area (Å²) in [6, 6.07) is 59.8. The van der Waals surface area contributed by atoms with Gasteiger partial charge in [0, 0.05) is 23.6 Å². The van der Waals surface area contributed by atoms with Crippen molar-refractivity contribution >= 4 is 47.6 Å². The van der Waals surface area contributed by atoms with Crippen LogP contribution < -0.4 is 30.0 Å². The standard InChI is InChI=1S/C57H44BN5OSi/c1-36-15-13-16-37(2)53(36)58-60(3)49-28-25-39(33-48(49)57-59-31-32-63(57)58)64-40-26-29-51-50(34-40)61-35-62-54-41(38-17-7-6-8-18-38)23-14-24-46(54)44-21-11-9-19-42(44)43-20-10-12-22-45(43)47-27-30-52(65(51,4)5)56(61)55(47)62/h6-34H,1-5H3. The van der Waals surface area contributed by atoms with Gasteiger partial charge < -0.3 is 14.0 Å². The molecule has 8 aromatic carbocycles. The zero-order valence-corrected chi connectivity index (χ0v) is 38.0. The Bertz CT molecular complexity index is 3610. The molecule has 3 aliphatic rings. The molecule has 0 amide bonds. The van der Waals surface area contributed by atoms with Gasteiger partial charge in [-0.2, -0.15) is 0 Å². The van der Waals surface area contributed by atoms with E-state index in [1.165, 1.54) is 76.9 Å². The smallest absolute Gasteiger partial charge is 0.417 e. The normalized spacial score (nSPS) is 13.7. The third-order valence-electron chi connectivity index (χ3n) is 14.3. The van der Waals surface area contributed by atoms with Crippen molar-refractivity contribution in [3.63, 3.8) is 0 Å². The monoisotopic (exact) mass is 853 g/mol. The van der Waals surface area contributed by atoms with E-state index >= 15 is 0 Å². The van der Waals surface area contributed by atoms with Crippen LogP contribution in [0, 0.1) is 20.2 Å². The average Bonchev–Trinajstić information content (AvgIpc) is 3.99. The molecule has 0 radical (unpaired) electrons. The summed E-state index contributed by atoms with van der Waals surface area (Å²) in [4.78, 5) is 7.28. The van der Waals surface area contributed by atoms with E-state index in [1.54, 1.807) is 0 Å². The van der Waals surface area contributed by atoms with Gasteiger partial charge in [0.15, 0.2) is 0 Å². The van der Waals surface area contributed by atoms with E-state index in [1.807, 2.05) is 6.20 Å². The highest BCUT2D eigenvalue weighted by molar-refractivity contribution is 7.02. The van der Waals surface area contributed by atoms with Crippen LogP contribution in [0.15, 0.2) is 176 Å². The van der Waals surface area contributed by atoms with Crippen molar-refractivity contribution in [1.82, 2.24) is 14.0 Å². The molecule has 6 nitrogen and oxygen atoms in total. The van der Waals surface area contributed by atoms with Gasteiger partial charge in [-0.1, -0.05) is 158 Å². The van der Waals surface area contributed by atoms with Crippen molar-refractivity contribution in [2.45, 2.75) is 26.9 Å². The number of benzene rings is 8. The van der Waals surface area contributed by atoms with Crippen molar-refractivity contribution in [3.05, 3.63) is 194 Å². The summed E-state index contributed by atoms with van der Waals surface area (Å²) >= 11 is 0. The van der Waals surface area contributed by atoms with Gasteiger partial charge >= 0.3 is 6.98 Å². The van der Waals surface area contributed by atoms with Crippen LogP contribution in [0.1, 0.15) is 11.1 Å². The predicted octanol–water partition coefficient (Wildman–Crippen LogP) is 10.8. The Labute approximate surface area is 380 Å². The van der Waals surface area contributed by atoms with Crippen LogP contribution in [0.4, 0.5) is 5.69 Å². The van der Waals surface area contributed by atoms with Gasteiger partial charge in [-0.25, -0.2) is 4.98 Å². The van der Waals surface area contributed by atoms with Crippen LogP contribution in [0.25, 0.3) is 78.3 Å². The van der Waals surface area contributed by atoms with Crippen LogP contribution >= 0.6 is 0 Å². The summed E-state index contributed by atoms with van der Waals surface area (Å²) in [5, 5.41) is 2.75. The van der Waals surface area contributed by atoms with E-state index in [0.29, 0.717) is 0 Å². The fraction of sp³-hybridized carbons (Fsp3) is 0.0877. The predicted molar refractivity (Wildman–Crippen MR) is 269 cm³/mol. The second kappa shape index (κ2) is 13.9. The number of rotatable bonds is 4. The molecule has 8 heteroatoms. The van der Waals surface area contributed by atoms with Crippen LogP contribution in [-0.4, -0.2) is 36.1 Å². The summed E-state index contributed by atoms with van der Waals surface area (Å²) in [7, 11) is -0.0897. The van der Waals surface area contributed by atoms with E-state index in [9.17, 15) is 0 Å². The lowest BCUT2D eigenvalue weighted by Crippen LogP contribution is -2.57. The lowest BCUT2D eigenvalue weighted by Gasteiger charge is -2.36. The number of imidazole rings is 2. The number of aromatic nitrogens is 4. The Morgan fingerprint density at radius 1 is 0.585 bits per heavy atom. The topological polar surface area (TPSA) is 39.1 Å². The largest absolute Gasteiger partial charge is 0.458 e. The second-order valence-electron chi connectivity index (χ2n) is 18.3. The van der Waals surface area contributed by atoms with Crippen LogP contribution in [0.5, 0.6) is 11.5 Å². The molecule has 0 bridgehead atoms. The summed E-state index contributed by atoms with van der Waals surface area (Å²) in [5.41, 5.74) is 20.1. The molecule has 0 saturated heterocycles. The summed E-state index contributed by atoms with van der Waals surface area (Å²) < 4.78 is 13.9. The SMILES string of the molecule is Cc1cccc(C)c1B1N(C)c2ccc(Oc3ccc4c(c3)-n3[c-][n+]5c6c(ccc(c63)[Si]4(C)C)-c3ccccc3-c3ccccc3-c3cccc(-c4ccccc4)c3-5)cc2-c2nccn21. The van der Waals surface area contributed by atoms with Crippen LogP contribution in [0.2, 0.25) is 13.1 Å². The molecule has 2 aromatic heterocycles. The van der Waals surface area contributed by atoms with Crippen molar-refractivity contribution in [2.75, 3.05) is 11.9 Å². The van der Waals surface area contributed by atoms with Crippen molar-refractivity contribution in [2.24, 2.45) is 0 Å². The first-order valence-electron chi connectivity index (χ1n) is 22.5. The van der Waals surface area contributed by atoms with E-state index in [4.69, 9.17) is 9.72 Å². The quantitative estimate of drug-likeness (QED) is 0.101. The molecule has 0 saturated carbocycles. The number of aryl methyl sites for hydroxylation is 2. The highest BCUT2D eigenvalue weighted by Crippen LogP contribution is 2.46. The maximum atomic E-state index is 6.91. The molecule has 0 aliphatic carbocycles. The fourth-order valence-electron chi connectivity index (χ4n) is 11.3. The minimum Gasteiger partial charge on any atom is -0.458 e. The number of ether oxygens (including phenoxy) is 1. The molecule has 0 fully saturated rings. The van der Waals surface area contributed by atoms with E-state index in [0.717, 1.165) is 45.5 Å². The first-order chi connectivity index (χ1) is 31.8. The van der Waals surface area contributed by atoms with Gasteiger partial charge in [0.2, 0.25) is 0 Å². The number of hydrogen-bond acceptors (Lipinski definition) is 3. The van der Waals surface area contributed by atoms with Gasteiger partial charge in [0.1, 0.15) is 25.4 Å². The molecule has 0 unspecified atom stereocenters. The number of anilines is 1. The number of nitrogens with zero attached hydrogens (tertiary/aromatic N) is 5. The maximum Gasteiger partial charge on any atom is 0.417 e. The second-order valence-corrected chi connectivity index (χ2v) is 22.6. The molecule has 10 aromatic rings. The zero-order valence-electron chi connectivity index (χ0n) is 37.0. The fourth-order valence-corrected chi connectivity index (χ4v) is 14.2. The van der Waals surface area contributed by atoms with E-state index < -0.39 is 8.07 Å². The highest BCUT2D eigenvalue weighted by atomic mass is 28.3. The Hall–Kier alpha value is -7.68. The molecular formula is C57H44BN5OSi. The lowest BCUT2D eigenvalue weighted by atomic mass is 9.60. The minimum atomic E-state index is -2.27. The number of hydrogen-bond donors (Lipinski definition) is 0. The van der Waals surface area contributed by atoms with Gasteiger partial charge in [-0.3, -0.25) is 9.13 Å². The zero-order chi connectivity index (χ0) is 43.7. The van der Waals surface area contributed by atoms with Crippen molar-refractivity contribution in [3.8, 4) is 78.8 Å². The molecular weight excluding hydrogens is 810 g/mol. The van der Waals surface area contributed by atoms with Crippen molar-refractivity contribution < 1.29 is 9.30 Å². The Kier molecular flexibility index (Phi) is 8.10. The van der Waals surface area contributed by atoms with E-state index in [-0.39, 0.29) is 6.98 Å². The molecule has 0 atom stereocenters. The molecule has 65 heavy (non-hydrogen) atoms. The van der Waals surface area contributed by atoms with Crippen LogP contribution in [0.3, 0.4) is 0 Å². The summed E-state index contributed by atoms with van der Waals surface area (Å²) in [6.45, 7) is 9.37. The van der Waals surface area contributed by atoms with Crippen molar-refractivity contribution in [1.29, 1.82) is 0 Å². The molecule has 310 valence electrons. The first-order valence-corrected chi connectivity index (χ1v) is 25.5. The Balaban J connectivity index is 1.00. The Morgan fingerprint density at radius 3 is 1.95 bits per heavy atom. The third-order valence-corrected chi connectivity index (χ3v) is 17.9. The van der Waals surface area contributed by atoms with Gasteiger partial charge in [0.25, 0.3) is 6.33 Å². The lowest BCUT2D eigenvalue weighted by molar-refractivity contribution is -0.570. The highest BCUT2D eigenvalue weighted by Gasteiger charge is 2.40. The minimum absolute atomic E-state index is 0.00470. The summed E-state index contributed by atoms with van der Waals surface area (Å²) in [5.74, 6) is 2.48. The molecule has 0 N–H and O–H groups in total. The number of fused-ring (bicyclic) bond motifs is 12. The van der Waals surface area contributed by atoms with Gasteiger partial charge in [-0.05, 0) is 112 Å². The van der Waals surface area contributed by atoms with Gasteiger partial charge in [0.05, 0.1) is 22.4 Å². The summed E-state index contributed by atoms with van der Waals surface area (Å²) in [6.07, 6.45) is 8.05. The molecule has 13 rings (SSSR count). The molecule has 5 heterocycles. The van der Waals surface area contributed by atoms with E-state index in [2.05, 4.69) is 229 Å². The average molecular weight is 854 g/mol. The van der Waals surface area contributed by atoms with Crippen LogP contribution in [-0.2, 0) is 0 Å².